The molecule has 1 N–H and O–H groups in total. The van der Waals surface area contributed by atoms with Gasteiger partial charge >= 0.3 is 0 Å². The van der Waals surface area contributed by atoms with Gasteiger partial charge in [-0.05, 0) is 51.8 Å². The van der Waals surface area contributed by atoms with Gasteiger partial charge in [0.05, 0.1) is 5.69 Å². The quantitative estimate of drug-likeness (QED) is 0.639. The maximum absolute atomic E-state index is 12.1. The Morgan fingerprint density at radius 1 is 1.24 bits per heavy atom. The Hall–Kier alpha value is -2.09. The zero-order chi connectivity index (χ0) is 15.2. The molecular weight excluding hydrogens is 352 g/mol. The summed E-state index contributed by atoms with van der Waals surface area (Å²) in [7, 11) is 0. The molecule has 0 saturated carbocycles. The van der Waals surface area contributed by atoms with E-state index in [1.165, 1.54) is 6.08 Å². The molecule has 3 nitrogen and oxygen atoms in total. The minimum Gasteiger partial charge on any atom is -0.320 e. The van der Waals surface area contributed by atoms with Crippen molar-refractivity contribution in [2.45, 2.75) is 0 Å². The van der Waals surface area contributed by atoms with Gasteiger partial charge < -0.3 is 5.32 Å². The van der Waals surface area contributed by atoms with E-state index in [2.05, 4.69) is 21.2 Å². The van der Waals surface area contributed by atoms with E-state index in [-0.39, 0.29) is 5.57 Å². The van der Waals surface area contributed by atoms with Crippen LogP contribution in [0.1, 0.15) is 5.56 Å². The second-order valence-corrected chi connectivity index (χ2v) is 5.45. The lowest BCUT2D eigenvalue weighted by Gasteiger charge is -2.06. The van der Waals surface area contributed by atoms with Gasteiger partial charge in [0.15, 0.2) is 0 Å². The summed E-state index contributed by atoms with van der Waals surface area (Å²) in [6, 6.07) is 16.0. The van der Waals surface area contributed by atoms with Gasteiger partial charge in [0.25, 0.3) is 5.91 Å². The molecule has 2 aromatic rings. The minimum atomic E-state index is -0.468. The van der Waals surface area contributed by atoms with Crippen LogP contribution >= 0.6 is 27.5 Å². The van der Waals surface area contributed by atoms with Crippen LogP contribution in [0.4, 0.5) is 5.69 Å². The van der Waals surface area contributed by atoms with Crippen LogP contribution in [0.2, 0.25) is 5.02 Å². The first-order chi connectivity index (χ1) is 10.1. The lowest BCUT2D eigenvalue weighted by atomic mass is 10.1. The molecule has 1 amide bonds. The van der Waals surface area contributed by atoms with Crippen molar-refractivity contribution >= 4 is 45.2 Å². The summed E-state index contributed by atoms with van der Waals surface area (Å²) in [5.41, 5.74) is 1.31. The minimum absolute atomic E-state index is 0.00743. The molecule has 0 aliphatic carbocycles. The predicted octanol–water partition coefficient (Wildman–Crippen LogP) is 4.65. The van der Waals surface area contributed by atoms with Crippen molar-refractivity contribution in [3.63, 3.8) is 0 Å². The van der Waals surface area contributed by atoms with Crippen LogP contribution < -0.4 is 5.32 Å². The summed E-state index contributed by atoms with van der Waals surface area (Å²) in [4.78, 5) is 12.1. The molecule has 2 aromatic carbocycles. The summed E-state index contributed by atoms with van der Waals surface area (Å²) in [5.74, 6) is -0.468. The number of nitrogens with one attached hydrogen (secondary N) is 1. The molecule has 104 valence electrons. The molecule has 0 spiro atoms. The number of carbonyl (C=O) groups excluding carboxylic acids is 1. The van der Waals surface area contributed by atoms with Crippen molar-refractivity contribution in [2.75, 3.05) is 5.32 Å². The molecule has 0 unspecified atom stereocenters. The fourth-order valence-corrected chi connectivity index (χ4v) is 2.25. The maximum atomic E-state index is 12.1. The normalized spacial score (nSPS) is 10.8. The lowest BCUT2D eigenvalue weighted by molar-refractivity contribution is -0.112. The second kappa shape index (κ2) is 7.07. The van der Waals surface area contributed by atoms with Gasteiger partial charge in [0.1, 0.15) is 11.6 Å². The highest BCUT2D eigenvalue weighted by Gasteiger charge is 2.11. The molecule has 0 heterocycles. The van der Waals surface area contributed by atoms with Gasteiger partial charge in [0.2, 0.25) is 0 Å². The first-order valence-electron chi connectivity index (χ1n) is 6.03. The number of nitriles is 1. The van der Waals surface area contributed by atoms with Crippen LogP contribution in [0.5, 0.6) is 0 Å². The average molecular weight is 362 g/mol. The van der Waals surface area contributed by atoms with Crippen molar-refractivity contribution in [2.24, 2.45) is 0 Å². The summed E-state index contributed by atoms with van der Waals surface area (Å²) >= 11 is 9.22. The third kappa shape index (κ3) is 4.19. The Bertz CT molecular complexity index is 750. The zero-order valence-corrected chi connectivity index (χ0v) is 13.1. The van der Waals surface area contributed by atoms with Crippen LogP contribution in [0, 0.1) is 11.3 Å². The van der Waals surface area contributed by atoms with Gasteiger partial charge in [-0.2, -0.15) is 5.26 Å². The van der Waals surface area contributed by atoms with Gasteiger partial charge in [-0.1, -0.05) is 35.9 Å². The highest BCUT2D eigenvalue weighted by Crippen LogP contribution is 2.22. The Balaban J connectivity index is 2.24. The van der Waals surface area contributed by atoms with E-state index in [9.17, 15) is 4.79 Å². The Labute approximate surface area is 136 Å². The van der Waals surface area contributed by atoms with Crippen LogP contribution in [-0.2, 0) is 4.79 Å². The Morgan fingerprint density at radius 3 is 2.67 bits per heavy atom. The average Bonchev–Trinajstić information content (AvgIpc) is 2.47. The zero-order valence-electron chi connectivity index (χ0n) is 10.8. The highest BCUT2D eigenvalue weighted by molar-refractivity contribution is 9.10. The summed E-state index contributed by atoms with van der Waals surface area (Å²) in [6.07, 6.45) is 1.50. The molecule has 0 bridgehead atoms. The number of halogens is 2. The number of hydrogen-bond donors (Lipinski definition) is 1. The fourth-order valence-electron chi connectivity index (χ4n) is 1.66. The van der Waals surface area contributed by atoms with Gasteiger partial charge in [-0.25, -0.2) is 0 Å². The van der Waals surface area contributed by atoms with E-state index in [1.54, 1.807) is 36.4 Å². The first-order valence-corrected chi connectivity index (χ1v) is 7.20. The molecule has 0 saturated heterocycles. The van der Waals surface area contributed by atoms with Crippen molar-refractivity contribution in [1.82, 2.24) is 0 Å². The predicted molar refractivity (Wildman–Crippen MR) is 87.8 cm³/mol. The molecule has 21 heavy (non-hydrogen) atoms. The number of anilines is 1. The monoisotopic (exact) mass is 360 g/mol. The second-order valence-electron chi connectivity index (χ2n) is 4.16. The van der Waals surface area contributed by atoms with Crippen LogP contribution in [0.25, 0.3) is 6.08 Å². The summed E-state index contributed by atoms with van der Waals surface area (Å²) in [5, 5.41) is 12.4. The summed E-state index contributed by atoms with van der Waals surface area (Å²) < 4.78 is 0.749. The van der Waals surface area contributed by atoms with Gasteiger partial charge in [-0.15, -0.1) is 0 Å². The molecule has 2 rings (SSSR count). The van der Waals surface area contributed by atoms with Crippen LogP contribution in [0.3, 0.4) is 0 Å². The van der Waals surface area contributed by atoms with E-state index in [0.29, 0.717) is 16.3 Å². The largest absolute Gasteiger partial charge is 0.320 e. The van der Waals surface area contributed by atoms with E-state index in [1.807, 2.05) is 18.2 Å². The van der Waals surface area contributed by atoms with Crippen molar-refractivity contribution in [1.29, 1.82) is 5.26 Å². The smallest absolute Gasteiger partial charge is 0.266 e. The number of hydrogen-bond acceptors (Lipinski definition) is 2. The van der Waals surface area contributed by atoms with E-state index in [4.69, 9.17) is 16.9 Å². The standard InChI is InChI=1S/C16H10BrClN2O/c17-14-6-1-2-7-15(14)20-16(21)12(10-19)8-11-4-3-5-13(18)9-11/h1-9H,(H,20,21)/b12-8+. The molecule has 0 atom stereocenters. The lowest BCUT2D eigenvalue weighted by Crippen LogP contribution is -2.13. The molecule has 0 radical (unpaired) electrons. The van der Waals surface area contributed by atoms with Crippen LogP contribution in [0.15, 0.2) is 58.6 Å². The Morgan fingerprint density at radius 2 is 2.00 bits per heavy atom. The molecule has 0 fully saturated rings. The highest BCUT2D eigenvalue weighted by atomic mass is 79.9. The fraction of sp³-hybridized carbons (Fsp3) is 0. The number of carbonyl (C=O) groups is 1. The third-order valence-electron chi connectivity index (χ3n) is 2.65. The number of amides is 1. The van der Waals surface area contributed by atoms with Crippen molar-refractivity contribution in [3.05, 3.63) is 69.2 Å². The van der Waals surface area contributed by atoms with Gasteiger partial charge in [0, 0.05) is 9.50 Å². The molecule has 5 heteroatoms. The number of para-hydroxylation sites is 1. The number of nitrogens with zero attached hydrogens (tertiary/aromatic N) is 1. The van der Waals surface area contributed by atoms with Crippen molar-refractivity contribution in [3.8, 4) is 6.07 Å². The topological polar surface area (TPSA) is 52.9 Å². The SMILES string of the molecule is N#C/C(=C\c1cccc(Cl)c1)C(=O)Nc1ccccc1Br. The third-order valence-corrected chi connectivity index (χ3v) is 3.57. The van der Waals surface area contributed by atoms with E-state index in [0.717, 1.165) is 4.47 Å². The molecule has 0 aliphatic heterocycles. The number of rotatable bonds is 3. The maximum Gasteiger partial charge on any atom is 0.266 e. The van der Waals surface area contributed by atoms with E-state index < -0.39 is 5.91 Å². The number of benzene rings is 2. The van der Waals surface area contributed by atoms with Gasteiger partial charge in [-0.3, -0.25) is 4.79 Å². The van der Waals surface area contributed by atoms with Crippen molar-refractivity contribution < 1.29 is 4.79 Å². The first kappa shape index (κ1) is 15.3. The summed E-state index contributed by atoms with van der Waals surface area (Å²) in [6.45, 7) is 0. The molecule has 0 aromatic heterocycles. The molecule has 0 aliphatic rings. The van der Waals surface area contributed by atoms with E-state index >= 15 is 0 Å². The Kier molecular flexibility index (Phi) is 5.15. The van der Waals surface area contributed by atoms with Crippen LogP contribution in [-0.4, -0.2) is 5.91 Å². The molecular formula is C16H10BrClN2O.